The molecule has 0 saturated heterocycles. The fourth-order valence-electron chi connectivity index (χ4n) is 2.83. The average molecular weight is 321 g/mol. The Hall–Kier alpha value is -2.03. The second kappa shape index (κ2) is 9.19. The molecule has 1 aliphatic carbocycles. The van der Waals surface area contributed by atoms with Crippen molar-refractivity contribution in [3.63, 3.8) is 0 Å². The van der Waals surface area contributed by atoms with Crippen molar-refractivity contribution in [1.29, 1.82) is 5.26 Å². The van der Waals surface area contributed by atoms with E-state index in [0.717, 1.165) is 19.3 Å². The van der Waals surface area contributed by atoms with Gasteiger partial charge in [0.25, 0.3) is 5.91 Å². The number of carboxylic acid groups (broad SMARTS) is 1. The lowest BCUT2D eigenvalue weighted by Crippen LogP contribution is -2.42. The van der Waals surface area contributed by atoms with Gasteiger partial charge in [-0.1, -0.05) is 33.6 Å². The molecule has 3 atom stereocenters. The maximum Gasteiger partial charge on any atom is 0.326 e. The Morgan fingerprint density at radius 1 is 1.35 bits per heavy atom. The maximum absolute atomic E-state index is 12.1. The summed E-state index contributed by atoms with van der Waals surface area (Å²) in [4.78, 5) is 23.3. The van der Waals surface area contributed by atoms with Crippen LogP contribution in [0.25, 0.3) is 0 Å². The molecule has 6 nitrogen and oxygen atoms in total. The van der Waals surface area contributed by atoms with Gasteiger partial charge < -0.3 is 15.7 Å². The van der Waals surface area contributed by atoms with Gasteiger partial charge in [-0.15, -0.1) is 0 Å². The molecule has 1 saturated carbocycles. The SMILES string of the molecule is CC(C)CC(NC(=O)/C(C#N)=C\NC1CCCCC1C)C(=O)O. The molecule has 0 aliphatic heterocycles. The van der Waals surface area contributed by atoms with E-state index in [1.54, 1.807) is 0 Å². The van der Waals surface area contributed by atoms with E-state index < -0.39 is 17.9 Å². The minimum absolute atomic E-state index is 0.0854. The Kier molecular flexibility index (Phi) is 7.60. The lowest BCUT2D eigenvalue weighted by molar-refractivity contribution is -0.141. The van der Waals surface area contributed by atoms with E-state index in [1.165, 1.54) is 12.6 Å². The Labute approximate surface area is 137 Å². The minimum Gasteiger partial charge on any atom is -0.480 e. The van der Waals surface area contributed by atoms with Gasteiger partial charge in [-0.05, 0) is 31.1 Å². The molecule has 1 aliphatic rings. The Balaban J connectivity index is 2.68. The molecule has 1 amide bonds. The topological polar surface area (TPSA) is 102 Å². The number of nitrogens with zero attached hydrogens (tertiary/aromatic N) is 1. The van der Waals surface area contributed by atoms with Gasteiger partial charge in [0.15, 0.2) is 0 Å². The summed E-state index contributed by atoms with van der Waals surface area (Å²) in [6.45, 7) is 5.92. The van der Waals surface area contributed by atoms with Crippen LogP contribution in [0.4, 0.5) is 0 Å². The van der Waals surface area contributed by atoms with E-state index in [-0.39, 0.29) is 17.5 Å². The predicted molar refractivity (Wildman–Crippen MR) is 87.3 cm³/mol. The van der Waals surface area contributed by atoms with Crippen LogP contribution in [0, 0.1) is 23.2 Å². The lowest BCUT2D eigenvalue weighted by Gasteiger charge is -2.29. The number of amides is 1. The zero-order valence-corrected chi connectivity index (χ0v) is 14.1. The fourth-order valence-corrected chi connectivity index (χ4v) is 2.83. The smallest absolute Gasteiger partial charge is 0.326 e. The molecule has 1 fully saturated rings. The van der Waals surface area contributed by atoms with Crippen LogP contribution in [0.5, 0.6) is 0 Å². The zero-order chi connectivity index (χ0) is 17.4. The van der Waals surface area contributed by atoms with Gasteiger partial charge in [-0.3, -0.25) is 4.79 Å². The van der Waals surface area contributed by atoms with Crippen LogP contribution in [0.15, 0.2) is 11.8 Å². The van der Waals surface area contributed by atoms with Crippen molar-refractivity contribution in [2.75, 3.05) is 0 Å². The summed E-state index contributed by atoms with van der Waals surface area (Å²) in [6, 6.07) is 1.12. The van der Waals surface area contributed by atoms with E-state index in [1.807, 2.05) is 19.9 Å². The van der Waals surface area contributed by atoms with Crippen molar-refractivity contribution in [2.45, 2.75) is 65.0 Å². The first-order valence-corrected chi connectivity index (χ1v) is 8.25. The van der Waals surface area contributed by atoms with Crippen LogP contribution in [0.2, 0.25) is 0 Å². The van der Waals surface area contributed by atoms with E-state index >= 15 is 0 Å². The summed E-state index contributed by atoms with van der Waals surface area (Å²) in [5, 5.41) is 23.9. The van der Waals surface area contributed by atoms with Crippen LogP contribution >= 0.6 is 0 Å². The highest BCUT2D eigenvalue weighted by atomic mass is 16.4. The minimum atomic E-state index is -1.08. The van der Waals surface area contributed by atoms with E-state index in [4.69, 9.17) is 10.4 Å². The van der Waals surface area contributed by atoms with Gasteiger partial charge in [0.05, 0.1) is 0 Å². The molecule has 3 unspecified atom stereocenters. The van der Waals surface area contributed by atoms with E-state index in [9.17, 15) is 9.59 Å². The normalized spacial score (nSPS) is 23.0. The Morgan fingerprint density at radius 3 is 2.52 bits per heavy atom. The standard InChI is InChI=1S/C17H27N3O3/c1-11(2)8-15(17(22)23)20-16(21)13(9-18)10-19-14-7-5-4-6-12(14)3/h10-12,14-15,19H,4-8H2,1-3H3,(H,20,21)(H,22,23)/b13-10-. The third-order valence-corrected chi connectivity index (χ3v) is 4.23. The number of nitriles is 1. The number of carboxylic acids is 1. The predicted octanol–water partition coefficient (Wildman–Crippen LogP) is 2.18. The maximum atomic E-state index is 12.1. The Morgan fingerprint density at radius 2 is 2.00 bits per heavy atom. The third-order valence-electron chi connectivity index (χ3n) is 4.23. The highest BCUT2D eigenvalue weighted by Crippen LogP contribution is 2.23. The second-order valence-corrected chi connectivity index (χ2v) is 6.70. The quantitative estimate of drug-likeness (QED) is 0.493. The first-order valence-electron chi connectivity index (χ1n) is 8.25. The Bertz CT molecular complexity index is 494. The van der Waals surface area contributed by atoms with Gasteiger partial charge in [0, 0.05) is 12.2 Å². The number of aliphatic carboxylic acids is 1. The number of nitrogens with one attached hydrogen (secondary N) is 2. The second-order valence-electron chi connectivity index (χ2n) is 6.70. The van der Waals surface area contributed by atoms with Crippen LogP contribution in [-0.2, 0) is 9.59 Å². The number of carbonyl (C=O) groups is 2. The van der Waals surface area contributed by atoms with Crippen LogP contribution in [0.3, 0.4) is 0 Å². The summed E-state index contributed by atoms with van der Waals surface area (Å²) < 4.78 is 0. The van der Waals surface area contributed by atoms with Crippen molar-refractivity contribution in [3.8, 4) is 6.07 Å². The molecule has 0 aromatic carbocycles. The molecule has 0 radical (unpaired) electrons. The monoisotopic (exact) mass is 321 g/mol. The summed E-state index contributed by atoms with van der Waals surface area (Å²) in [5.41, 5.74) is -0.0854. The van der Waals surface area contributed by atoms with Crippen molar-refractivity contribution in [1.82, 2.24) is 10.6 Å². The van der Waals surface area contributed by atoms with E-state index in [2.05, 4.69) is 17.6 Å². The van der Waals surface area contributed by atoms with Gasteiger partial charge in [-0.25, -0.2) is 4.79 Å². The molecule has 6 heteroatoms. The zero-order valence-electron chi connectivity index (χ0n) is 14.1. The van der Waals surface area contributed by atoms with Crippen molar-refractivity contribution in [2.24, 2.45) is 11.8 Å². The van der Waals surface area contributed by atoms with E-state index in [0.29, 0.717) is 12.3 Å². The number of hydrogen-bond acceptors (Lipinski definition) is 4. The first-order chi connectivity index (χ1) is 10.8. The number of hydrogen-bond donors (Lipinski definition) is 3. The highest BCUT2D eigenvalue weighted by molar-refractivity contribution is 5.99. The summed E-state index contributed by atoms with van der Waals surface area (Å²) in [6.07, 6.45) is 6.25. The van der Waals surface area contributed by atoms with Gasteiger partial charge in [0.1, 0.15) is 17.7 Å². The van der Waals surface area contributed by atoms with Crippen molar-refractivity contribution in [3.05, 3.63) is 11.8 Å². The molecule has 128 valence electrons. The third kappa shape index (κ3) is 6.31. The van der Waals surface area contributed by atoms with Crippen LogP contribution in [-0.4, -0.2) is 29.1 Å². The largest absolute Gasteiger partial charge is 0.480 e. The van der Waals surface area contributed by atoms with Crippen LogP contribution < -0.4 is 10.6 Å². The molecule has 0 spiro atoms. The van der Waals surface area contributed by atoms with Crippen molar-refractivity contribution >= 4 is 11.9 Å². The highest BCUT2D eigenvalue weighted by Gasteiger charge is 2.24. The molecule has 0 aromatic rings. The molecule has 1 rings (SSSR count). The molecular formula is C17H27N3O3. The van der Waals surface area contributed by atoms with Crippen LogP contribution in [0.1, 0.15) is 52.9 Å². The van der Waals surface area contributed by atoms with Gasteiger partial charge >= 0.3 is 5.97 Å². The average Bonchev–Trinajstić information content (AvgIpc) is 2.48. The number of carbonyl (C=O) groups excluding carboxylic acids is 1. The molecule has 3 N–H and O–H groups in total. The first kappa shape index (κ1) is 19.0. The fraction of sp³-hybridized carbons (Fsp3) is 0.706. The summed E-state index contributed by atoms with van der Waals surface area (Å²) in [5.74, 6) is -1.10. The van der Waals surface area contributed by atoms with Gasteiger partial charge in [0.2, 0.25) is 0 Å². The molecule has 0 bridgehead atoms. The van der Waals surface area contributed by atoms with Crippen molar-refractivity contribution < 1.29 is 14.7 Å². The molecule has 0 aromatic heterocycles. The summed E-state index contributed by atoms with van der Waals surface area (Å²) >= 11 is 0. The summed E-state index contributed by atoms with van der Waals surface area (Å²) in [7, 11) is 0. The van der Waals surface area contributed by atoms with Gasteiger partial charge in [-0.2, -0.15) is 5.26 Å². The molecule has 23 heavy (non-hydrogen) atoms. The lowest BCUT2D eigenvalue weighted by atomic mass is 9.86. The molecule has 0 heterocycles. The number of rotatable bonds is 7. The molecular weight excluding hydrogens is 294 g/mol.